The van der Waals surface area contributed by atoms with Crippen LogP contribution >= 0.6 is 7.92 Å². The zero-order valence-corrected chi connectivity index (χ0v) is 18.8. The van der Waals surface area contributed by atoms with Gasteiger partial charge in [0.1, 0.15) is 5.78 Å². The number of ketones is 1. The average Bonchev–Trinajstić information content (AvgIpc) is 2.69. The van der Waals surface area contributed by atoms with Gasteiger partial charge in [0, 0.05) is 12.8 Å². The van der Waals surface area contributed by atoms with E-state index in [1.54, 1.807) is 0 Å². The third-order valence-electron chi connectivity index (χ3n) is 6.17. The minimum absolute atomic E-state index is 0.353. The molecule has 1 saturated heterocycles. The van der Waals surface area contributed by atoms with Gasteiger partial charge in [-0.3, -0.25) is 4.79 Å². The second-order valence-electron chi connectivity index (χ2n) is 8.26. The Hall–Kier alpha value is -2.24. The lowest BCUT2D eigenvalue weighted by molar-refractivity contribution is -0.118. The number of hydrogen-bond acceptors (Lipinski definition) is 1. The molecular formula is C27H29OP. The standard InChI is InChI=1S/C27H29OP/c1-18-8-5-9-19(2)25(18)23-12-7-13-24(26-20(3)10-6-11-21(26)4)27(23)29-16-14-22(28)15-17-29/h5-13H,14-17H2,1-4H3. The maximum Gasteiger partial charge on any atom is 0.133 e. The van der Waals surface area contributed by atoms with Crippen LogP contribution in [0.4, 0.5) is 0 Å². The summed E-state index contributed by atoms with van der Waals surface area (Å²) in [6.07, 6.45) is 3.51. The van der Waals surface area contributed by atoms with Crippen LogP contribution < -0.4 is 5.30 Å². The van der Waals surface area contributed by atoms with E-state index in [1.165, 1.54) is 49.8 Å². The van der Waals surface area contributed by atoms with Crippen LogP contribution in [-0.2, 0) is 4.79 Å². The smallest absolute Gasteiger partial charge is 0.133 e. The predicted molar refractivity (Wildman–Crippen MR) is 127 cm³/mol. The average molecular weight is 401 g/mol. The van der Waals surface area contributed by atoms with E-state index in [4.69, 9.17) is 0 Å². The molecule has 1 fully saturated rings. The topological polar surface area (TPSA) is 17.1 Å². The van der Waals surface area contributed by atoms with E-state index in [9.17, 15) is 4.79 Å². The molecule has 0 spiro atoms. The first-order chi connectivity index (χ1) is 14.0. The lowest BCUT2D eigenvalue weighted by Gasteiger charge is -2.29. The van der Waals surface area contributed by atoms with Crippen molar-refractivity contribution >= 4 is 19.0 Å². The van der Waals surface area contributed by atoms with Crippen molar-refractivity contribution in [3.63, 3.8) is 0 Å². The number of carbonyl (C=O) groups excluding carboxylic acids is 1. The largest absolute Gasteiger partial charge is 0.300 e. The molecule has 1 aliphatic heterocycles. The predicted octanol–water partition coefficient (Wildman–Crippen LogP) is 6.72. The summed E-state index contributed by atoms with van der Waals surface area (Å²) in [6, 6.07) is 20.0. The summed E-state index contributed by atoms with van der Waals surface area (Å²) in [5.74, 6) is 0.432. The SMILES string of the molecule is Cc1cccc(C)c1-c1cccc(-c2c(C)cccc2C)c1P1CCC(=O)CC1. The number of rotatable bonds is 3. The number of aryl methyl sites for hydroxylation is 4. The van der Waals surface area contributed by atoms with Gasteiger partial charge in [0.2, 0.25) is 0 Å². The molecule has 2 heteroatoms. The Labute approximate surface area is 175 Å². The minimum Gasteiger partial charge on any atom is -0.300 e. The fraction of sp³-hybridized carbons (Fsp3) is 0.296. The van der Waals surface area contributed by atoms with E-state index in [2.05, 4.69) is 82.3 Å². The van der Waals surface area contributed by atoms with Crippen molar-refractivity contribution in [2.75, 3.05) is 12.3 Å². The van der Waals surface area contributed by atoms with Crippen molar-refractivity contribution in [1.29, 1.82) is 0 Å². The molecule has 0 unspecified atom stereocenters. The summed E-state index contributed by atoms with van der Waals surface area (Å²) >= 11 is 0. The third kappa shape index (κ3) is 3.81. The molecule has 3 aromatic rings. The highest BCUT2D eigenvalue weighted by Crippen LogP contribution is 2.47. The summed E-state index contributed by atoms with van der Waals surface area (Å²) in [5.41, 5.74) is 10.8. The first kappa shape index (κ1) is 20.0. The highest BCUT2D eigenvalue weighted by atomic mass is 31.1. The molecule has 1 heterocycles. The Kier molecular flexibility index (Phi) is 5.70. The first-order valence-corrected chi connectivity index (χ1v) is 12.2. The maximum atomic E-state index is 12.0. The van der Waals surface area contributed by atoms with E-state index >= 15 is 0 Å². The molecule has 0 aliphatic carbocycles. The minimum atomic E-state index is -0.353. The van der Waals surface area contributed by atoms with Crippen molar-refractivity contribution in [3.8, 4) is 22.3 Å². The van der Waals surface area contributed by atoms with E-state index in [0.29, 0.717) is 5.78 Å². The number of hydrogen-bond donors (Lipinski definition) is 0. The Bertz CT molecular complexity index is 960. The molecule has 148 valence electrons. The highest BCUT2D eigenvalue weighted by Gasteiger charge is 2.26. The van der Waals surface area contributed by atoms with E-state index in [0.717, 1.165) is 25.2 Å². The summed E-state index contributed by atoms with van der Waals surface area (Å²) < 4.78 is 0. The second-order valence-corrected chi connectivity index (χ2v) is 10.7. The molecule has 0 bridgehead atoms. The van der Waals surface area contributed by atoms with Crippen molar-refractivity contribution in [2.24, 2.45) is 0 Å². The van der Waals surface area contributed by atoms with Gasteiger partial charge >= 0.3 is 0 Å². The Morgan fingerprint density at radius 3 is 1.41 bits per heavy atom. The van der Waals surface area contributed by atoms with Gasteiger partial charge < -0.3 is 0 Å². The first-order valence-electron chi connectivity index (χ1n) is 10.5. The molecule has 3 aromatic carbocycles. The van der Waals surface area contributed by atoms with Crippen LogP contribution in [0, 0.1) is 27.7 Å². The Morgan fingerprint density at radius 2 is 1.00 bits per heavy atom. The van der Waals surface area contributed by atoms with Gasteiger partial charge in [-0.15, -0.1) is 0 Å². The van der Waals surface area contributed by atoms with Crippen LogP contribution in [0.25, 0.3) is 22.3 Å². The molecule has 0 N–H and O–H groups in total. The molecule has 0 aromatic heterocycles. The van der Waals surface area contributed by atoms with E-state index in [-0.39, 0.29) is 7.92 Å². The highest BCUT2D eigenvalue weighted by molar-refractivity contribution is 7.66. The van der Waals surface area contributed by atoms with Crippen molar-refractivity contribution in [2.45, 2.75) is 40.5 Å². The normalized spacial score (nSPS) is 15.0. The lowest BCUT2D eigenvalue weighted by atomic mass is 9.90. The van der Waals surface area contributed by atoms with Crippen molar-refractivity contribution < 1.29 is 4.79 Å². The monoisotopic (exact) mass is 400 g/mol. The summed E-state index contributed by atoms with van der Waals surface area (Å²) in [4.78, 5) is 12.0. The quantitative estimate of drug-likeness (QED) is 0.446. The van der Waals surface area contributed by atoms with E-state index < -0.39 is 0 Å². The molecule has 29 heavy (non-hydrogen) atoms. The Morgan fingerprint density at radius 1 is 0.621 bits per heavy atom. The fourth-order valence-electron chi connectivity index (χ4n) is 4.75. The Balaban J connectivity index is 2.01. The van der Waals surface area contributed by atoms with Gasteiger partial charge in [0.15, 0.2) is 0 Å². The molecule has 0 amide bonds. The van der Waals surface area contributed by atoms with Crippen LogP contribution in [0.2, 0.25) is 0 Å². The maximum absolute atomic E-state index is 12.0. The zero-order valence-electron chi connectivity index (χ0n) is 17.9. The summed E-state index contributed by atoms with van der Waals surface area (Å²) in [5, 5.41) is 1.50. The molecule has 0 radical (unpaired) electrons. The van der Waals surface area contributed by atoms with Crippen LogP contribution in [0.5, 0.6) is 0 Å². The summed E-state index contributed by atoms with van der Waals surface area (Å²) in [6.45, 7) is 8.87. The van der Waals surface area contributed by atoms with Crippen LogP contribution in [0.3, 0.4) is 0 Å². The summed E-state index contributed by atoms with van der Waals surface area (Å²) in [7, 11) is -0.353. The van der Waals surface area contributed by atoms with Crippen LogP contribution in [0.15, 0.2) is 54.6 Å². The molecule has 0 saturated carbocycles. The van der Waals surface area contributed by atoms with Crippen molar-refractivity contribution in [3.05, 3.63) is 76.9 Å². The van der Waals surface area contributed by atoms with Gasteiger partial charge in [-0.25, -0.2) is 0 Å². The molecule has 0 atom stereocenters. The number of Topliss-reactive ketones (excluding diaryl/α,β-unsaturated/α-hetero) is 1. The molecular weight excluding hydrogens is 371 g/mol. The number of benzene rings is 3. The van der Waals surface area contributed by atoms with Crippen LogP contribution in [-0.4, -0.2) is 18.1 Å². The van der Waals surface area contributed by atoms with Crippen molar-refractivity contribution in [1.82, 2.24) is 0 Å². The van der Waals surface area contributed by atoms with Gasteiger partial charge in [0.05, 0.1) is 0 Å². The van der Waals surface area contributed by atoms with E-state index in [1.807, 2.05) is 0 Å². The molecule has 1 nitrogen and oxygen atoms in total. The van der Waals surface area contributed by atoms with Crippen LogP contribution in [0.1, 0.15) is 35.1 Å². The molecule has 4 rings (SSSR count). The fourth-order valence-corrected chi connectivity index (χ4v) is 7.51. The number of carbonyl (C=O) groups is 1. The van der Waals surface area contributed by atoms with Gasteiger partial charge in [-0.1, -0.05) is 62.5 Å². The van der Waals surface area contributed by atoms with Gasteiger partial charge in [-0.05, 0) is 89.8 Å². The van der Waals surface area contributed by atoms with Gasteiger partial charge in [0.25, 0.3) is 0 Å². The third-order valence-corrected chi connectivity index (χ3v) is 8.82. The zero-order chi connectivity index (χ0) is 20.5. The van der Waals surface area contributed by atoms with Gasteiger partial charge in [-0.2, -0.15) is 0 Å². The lowest BCUT2D eigenvalue weighted by Crippen LogP contribution is -2.20. The second kappa shape index (κ2) is 8.25. The molecule has 1 aliphatic rings.